The van der Waals surface area contributed by atoms with Crippen LogP contribution in [0, 0.1) is 5.82 Å². The molecule has 1 saturated heterocycles. The van der Waals surface area contributed by atoms with Gasteiger partial charge in [0.25, 0.3) is 0 Å². The highest BCUT2D eigenvalue weighted by Gasteiger charge is 2.22. The van der Waals surface area contributed by atoms with E-state index in [4.69, 9.17) is 28.4 Å². The van der Waals surface area contributed by atoms with Gasteiger partial charge in [0.1, 0.15) is 5.82 Å². The van der Waals surface area contributed by atoms with Crippen molar-refractivity contribution in [3.05, 3.63) is 77.1 Å². The molecule has 1 fully saturated rings. The molecule has 0 aromatic heterocycles. The Kier molecular flexibility index (Phi) is 11.7. The molecule has 44 heavy (non-hydrogen) atoms. The quantitative estimate of drug-likeness (QED) is 0.195. The maximum absolute atomic E-state index is 13.8. The molecule has 8 nitrogen and oxygen atoms in total. The fourth-order valence-electron chi connectivity index (χ4n) is 5.76. The Morgan fingerprint density at radius 1 is 0.750 bits per heavy atom. The number of ether oxygens (including phenoxy) is 6. The first-order valence-electron chi connectivity index (χ1n) is 14.9. The topological polar surface area (TPSA) is 61.9 Å². The van der Waals surface area contributed by atoms with Crippen LogP contribution in [0.5, 0.6) is 34.5 Å². The minimum Gasteiger partial charge on any atom is -0.493 e. The van der Waals surface area contributed by atoms with Gasteiger partial charge in [-0.25, -0.2) is 4.39 Å². The fraction of sp³-hybridized carbons (Fsp3) is 0.429. The van der Waals surface area contributed by atoms with Gasteiger partial charge in [0.2, 0.25) is 11.5 Å². The summed E-state index contributed by atoms with van der Waals surface area (Å²) >= 11 is 0. The van der Waals surface area contributed by atoms with Crippen molar-refractivity contribution in [3.8, 4) is 34.5 Å². The minimum atomic E-state index is -0.239. The molecule has 0 spiro atoms. The van der Waals surface area contributed by atoms with Crippen molar-refractivity contribution in [1.82, 2.24) is 9.80 Å². The number of hydrogen-bond acceptors (Lipinski definition) is 8. The van der Waals surface area contributed by atoms with E-state index >= 15 is 0 Å². The summed E-state index contributed by atoms with van der Waals surface area (Å²) in [5.74, 6) is 2.98. The van der Waals surface area contributed by atoms with Gasteiger partial charge in [0, 0.05) is 25.7 Å². The average molecular weight is 609 g/mol. The molecule has 0 radical (unpaired) electrons. The van der Waals surface area contributed by atoms with Crippen molar-refractivity contribution in [3.63, 3.8) is 0 Å². The third-order valence-electron chi connectivity index (χ3n) is 8.28. The van der Waals surface area contributed by atoms with Crippen LogP contribution < -0.4 is 28.4 Å². The Morgan fingerprint density at radius 2 is 1.20 bits per heavy atom. The Bertz CT molecular complexity index is 1290. The van der Waals surface area contributed by atoms with E-state index in [2.05, 4.69) is 22.8 Å². The molecular weight excluding hydrogens is 563 g/mol. The van der Waals surface area contributed by atoms with Gasteiger partial charge in [-0.2, -0.15) is 0 Å². The van der Waals surface area contributed by atoms with E-state index < -0.39 is 0 Å². The first kappa shape index (κ1) is 33.0. The van der Waals surface area contributed by atoms with Gasteiger partial charge in [0.05, 0.1) is 42.7 Å². The van der Waals surface area contributed by atoms with Gasteiger partial charge >= 0.3 is 0 Å². The van der Waals surface area contributed by atoms with Crippen LogP contribution in [0.4, 0.5) is 4.39 Å². The lowest BCUT2D eigenvalue weighted by Gasteiger charge is -2.31. The standard InChI is InChI=1S/C35H45FN2O6/c1-24(25-10-12-28(36)13-11-25)38(19-18-37-15-8-9-16-37)17-14-29(26-20-30(39-2)34(43-6)31(21-26)40-3)27-22-32(41-4)35(44-7)33(23-27)42-5/h10-14,20-24H,8-9,15-19H2,1-7H3/t24-/m1/s1. The SMILES string of the molecule is COc1cc(C(=CCN(CCN2CCCC2)[C@H](C)c2ccc(F)cc2)c2cc(OC)c(OC)c(OC)c2)cc(OC)c1OC. The summed E-state index contributed by atoms with van der Waals surface area (Å²) in [4.78, 5) is 4.93. The van der Waals surface area contributed by atoms with Crippen molar-refractivity contribution in [2.45, 2.75) is 25.8 Å². The van der Waals surface area contributed by atoms with Gasteiger partial charge in [-0.15, -0.1) is 0 Å². The fourth-order valence-corrected chi connectivity index (χ4v) is 5.76. The Balaban J connectivity index is 1.84. The monoisotopic (exact) mass is 608 g/mol. The number of methoxy groups -OCH3 is 6. The third-order valence-corrected chi connectivity index (χ3v) is 8.28. The molecule has 0 aliphatic carbocycles. The predicted molar refractivity (Wildman–Crippen MR) is 171 cm³/mol. The summed E-state index contributed by atoms with van der Waals surface area (Å²) in [5.41, 5.74) is 3.70. The van der Waals surface area contributed by atoms with Crippen LogP contribution in [0.2, 0.25) is 0 Å². The van der Waals surface area contributed by atoms with Crippen molar-refractivity contribution in [2.24, 2.45) is 0 Å². The number of rotatable bonds is 15. The zero-order valence-electron chi connectivity index (χ0n) is 26.9. The Hall–Kier alpha value is -3.95. The molecule has 1 atom stereocenters. The van der Waals surface area contributed by atoms with E-state index in [1.807, 2.05) is 36.4 Å². The van der Waals surface area contributed by atoms with E-state index in [9.17, 15) is 4.39 Å². The van der Waals surface area contributed by atoms with Crippen LogP contribution >= 0.6 is 0 Å². The second kappa shape index (κ2) is 15.7. The number of halogens is 1. The molecule has 1 aliphatic heterocycles. The summed E-state index contributed by atoms with van der Waals surface area (Å²) in [6.45, 7) is 6.85. The first-order chi connectivity index (χ1) is 21.4. The van der Waals surface area contributed by atoms with E-state index in [1.165, 1.54) is 25.0 Å². The van der Waals surface area contributed by atoms with Crippen LogP contribution in [-0.4, -0.2) is 85.2 Å². The van der Waals surface area contributed by atoms with Crippen molar-refractivity contribution in [1.29, 1.82) is 0 Å². The van der Waals surface area contributed by atoms with E-state index in [0.29, 0.717) is 41.0 Å². The smallest absolute Gasteiger partial charge is 0.203 e. The molecule has 3 aromatic rings. The van der Waals surface area contributed by atoms with E-state index in [-0.39, 0.29) is 11.9 Å². The third kappa shape index (κ3) is 7.57. The first-order valence-corrected chi connectivity index (χ1v) is 14.9. The summed E-state index contributed by atoms with van der Waals surface area (Å²) in [6, 6.07) is 14.6. The predicted octanol–water partition coefficient (Wildman–Crippen LogP) is 6.47. The molecule has 4 rings (SSSR count). The summed E-state index contributed by atoms with van der Waals surface area (Å²) in [6.07, 6.45) is 4.67. The number of nitrogens with zero attached hydrogens (tertiary/aromatic N) is 2. The molecule has 0 bridgehead atoms. The van der Waals surface area contributed by atoms with Gasteiger partial charge in [-0.3, -0.25) is 4.90 Å². The normalized spacial score (nSPS) is 13.8. The number of benzene rings is 3. The zero-order chi connectivity index (χ0) is 31.6. The highest BCUT2D eigenvalue weighted by molar-refractivity contribution is 5.84. The van der Waals surface area contributed by atoms with Gasteiger partial charge < -0.3 is 33.3 Å². The molecule has 1 heterocycles. The maximum atomic E-state index is 13.8. The lowest BCUT2D eigenvalue weighted by Crippen LogP contribution is -2.35. The van der Waals surface area contributed by atoms with Crippen LogP contribution in [0.15, 0.2) is 54.6 Å². The highest BCUT2D eigenvalue weighted by atomic mass is 19.1. The van der Waals surface area contributed by atoms with E-state index in [0.717, 1.165) is 48.4 Å². The summed E-state index contributed by atoms with van der Waals surface area (Å²) in [7, 11) is 9.60. The second-order valence-electron chi connectivity index (χ2n) is 10.7. The maximum Gasteiger partial charge on any atom is 0.203 e. The highest BCUT2D eigenvalue weighted by Crippen LogP contribution is 2.44. The molecule has 0 saturated carbocycles. The van der Waals surface area contributed by atoms with Crippen molar-refractivity contribution >= 4 is 5.57 Å². The number of likely N-dealkylation sites (tertiary alicyclic amines) is 1. The molecule has 1 aliphatic rings. The zero-order valence-corrected chi connectivity index (χ0v) is 26.9. The van der Waals surface area contributed by atoms with Gasteiger partial charge in [-0.05, 0) is 91.5 Å². The molecular formula is C35H45FN2O6. The lowest BCUT2D eigenvalue weighted by atomic mass is 9.95. The summed E-state index contributed by atoms with van der Waals surface area (Å²) in [5, 5.41) is 0. The van der Waals surface area contributed by atoms with Crippen molar-refractivity contribution < 1.29 is 32.8 Å². The molecule has 0 amide bonds. The average Bonchev–Trinajstić information content (AvgIpc) is 3.58. The summed E-state index contributed by atoms with van der Waals surface area (Å²) < 4.78 is 47.8. The second-order valence-corrected chi connectivity index (χ2v) is 10.7. The molecule has 3 aromatic carbocycles. The van der Waals surface area contributed by atoms with Crippen LogP contribution in [-0.2, 0) is 0 Å². The lowest BCUT2D eigenvalue weighted by molar-refractivity contribution is 0.197. The van der Waals surface area contributed by atoms with E-state index in [1.54, 1.807) is 42.7 Å². The molecule has 9 heteroatoms. The van der Waals surface area contributed by atoms with Crippen LogP contribution in [0.3, 0.4) is 0 Å². The Morgan fingerprint density at radius 3 is 1.61 bits per heavy atom. The molecule has 0 unspecified atom stereocenters. The van der Waals surface area contributed by atoms with Crippen molar-refractivity contribution in [2.75, 3.05) is 75.4 Å². The van der Waals surface area contributed by atoms with Gasteiger partial charge in [-0.1, -0.05) is 18.2 Å². The largest absolute Gasteiger partial charge is 0.493 e. The molecule has 0 N–H and O–H groups in total. The van der Waals surface area contributed by atoms with Gasteiger partial charge in [0.15, 0.2) is 23.0 Å². The minimum absolute atomic E-state index is 0.0515. The van der Waals surface area contributed by atoms with Crippen LogP contribution in [0.25, 0.3) is 5.57 Å². The molecule has 238 valence electrons. The van der Waals surface area contributed by atoms with Crippen LogP contribution in [0.1, 0.15) is 42.5 Å². The Labute approximate surface area is 260 Å². The number of hydrogen-bond donors (Lipinski definition) is 0.